The van der Waals surface area contributed by atoms with Crippen molar-refractivity contribution < 1.29 is 19.1 Å². The van der Waals surface area contributed by atoms with E-state index in [1.807, 2.05) is 80.6 Å². The maximum absolute atomic E-state index is 12.9. The molecule has 0 bridgehead atoms. The van der Waals surface area contributed by atoms with E-state index in [2.05, 4.69) is 5.32 Å². The number of urea groups is 1. The summed E-state index contributed by atoms with van der Waals surface area (Å²) >= 11 is 0. The Hall–Kier alpha value is -4.06. The minimum absolute atomic E-state index is 0.222. The van der Waals surface area contributed by atoms with Crippen LogP contribution in [0.15, 0.2) is 78.5 Å². The maximum Gasteiger partial charge on any atom is 0.329 e. The van der Waals surface area contributed by atoms with Gasteiger partial charge in [-0.2, -0.15) is 0 Å². The number of amides is 3. The van der Waals surface area contributed by atoms with E-state index in [-0.39, 0.29) is 18.1 Å². The number of imide groups is 1. The van der Waals surface area contributed by atoms with Crippen molar-refractivity contribution in [3.8, 4) is 11.5 Å². The molecule has 168 valence electrons. The molecule has 3 amide bonds. The molecule has 0 atom stereocenters. The molecule has 3 aromatic carbocycles. The van der Waals surface area contributed by atoms with Crippen LogP contribution in [0.1, 0.15) is 29.2 Å². The van der Waals surface area contributed by atoms with Crippen LogP contribution in [0.4, 0.5) is 4.79 Å². The van der Waals surface area contributed by atoms with Gasteiger partial charge in [0.25, 0.3) is 5.91 Å². The maximum atomic E-state index is 12.9. The average Bonchev–Trinajstić information content (AvgIpc) is 3.07. The van der Waals surface area contributed by atoms with E-state index in [4.69, 9.17) is 9.47 Å². The smallest absolute Gasteiger partial charge is 0.329 e. The van der Waals surface area contributed by atoms with Crippen LogP contribution < -0.4 is 14.8 Å². The number of hydrogen-bond donors (Lipinski definition) is 1. The zero-order chi connectivity index (χ0) is 23.2. The van der Waals surface area contributed by atoms with E-state index in [0.29, 0.717) is 24.7 Å². The van der Waals surface area contributed by atoms with Crippen molar-refractivity contribution >= 4 is 18.0 Å². The Labute approximate surface area is 193 Å². The van der Waals surface area contributed by atoms with Gasteiger partial charge in [0, 0.05) is 0 Å². The van der Waals surface area contributed by atoms with Crippen molar-refractivity contribution in [3.63, 3.8) is 0 Å². The summed E-state index contributed by atoms with van der Waals surface area (Å²) in [5.41, 5.74) is 3.99. The highest BCUT2D eigenvalue weighted by atomic mass is 16.5. The Morgan fingerprint density at radius 2 is 1.67 bits per heavy atom. The zero-order valence-electron chi connectivity index (χ0n) is 18.7. The highest BCUT2D eigenvalue weighted by Gasteiger charge is 2.33. The Bertz CT molecular complexity index is 1190. The lowest BCUT2D eigenvalue weighted by Gasteiger charge is -2.13. The van der Waals surface area contributed by atoms with Gasteiger partial charge in [0.05, 0.1) is 13.2 Å². The predicted molar refractivity (Wildman–Crippen MR) is 127 cm³/mol. The minimum atomic E-state index is -0.430. The van der Waals surface area contributed by atoms with Crippen LogP contribution in [0.5, 0.6) is 11.5 Å². The van der Waals surface area contributed by atoms with Crippen LogP contribution in [0.3, 0.4) is 0 Å². The summed E-state index contributed by atoms with van der Waals surface area (Å²) < 4.78 is 11.7. The summed E-state index contributed by atoms with van der Waals surface area (Å²) in [6.07, 6.45) is 1.65. The van der Waals surface area contributed by atoms with Gasteiger partial charge in [0.15, 0.2) is 11.5 Å². The number of benzene rings is 3. The van der Waals surface area contributed by atoms with Crippen molar-refractivity contribution in [2.24, 2.45) is 0 Å². The molecule has 4 rings (SSSR count). The van der Waals surface area contributed by atoms with Crippen molar-refractivity contribution in [1.29, 1.82) is 0 Å². The second kappa shape index (κ2) is 10.0. The summed E-state index contributed by atoms with van der Waals surface area (Å²) in [5.74, 6) is 0.839. The quantitative estimate of drug-likeness (QED) is 0.391. The molecule has 1 aliphatic heterocycles. The van der Waals surface area contributed by atoms with Crippen molar-refractivity contribution in [1.82, 2.24) is 10.2 Å². The first kappa shape index (κ1) is 22.1. The van der Waals surface area contributed by atoms with E-state index < -0.39 is 6.03 Å². The molecule has 1 saturated heterocycles. The van der Waals surface area contributed by atoms with Crippen LogP contribution in [-0.4, -0.2) is 23.4 Å². The minimum Gasteiger partial charge on any atom is -0.490 e. The van der Waals surface area contributed by atoms with Crippen LogP contribution >= 0.6 is 0 Å². The fourth-order valence-corrected chi connectivity index (χ4v) is 3.61. The van der Waals surface area contributed by atoms with Crippen LogP contribution in [-0.2, 0) is 17.9 Å². The molecule has 0 saturated carbocycles. The summed E-state index contributed by atoms with van der Waals surface area (Å²) in [5, 5.41) is 2.68. The molecule has 6 nitrogen and oxygen atoms in total. The number of ether oxygens (including phenoxy) is 2. The monoisotopic (exact) mass is 442 g/mol. The molecular weight excluding hydrogens is 416 g/mol. The fraction of sp³-hybridized carbons (Fsp3) is 0.185. The highest BCUT2D eigenvalue weighted by Crippen LogP contribution is 2.30. The SMILES string of the molecule is CCOc1cc(/C=C2/NC(=O)N(Cc3cccc(C)c3)C2=O)ccc1OCc1ccccc1. The van der Waals surface area contributed by atoms with Gasteiger partial charge in [-0.1, -0.05) is 66.2 Å². The van der Waals surface area contributed by atoms with Crippen molar-refractivity contribution in [3.05, 3.63) is 101 Å². The van der Waals surface area contributed by atoms with Gasteiger partial charge in [-0.05, 0) is 48.7 Å². The second-order valence-corrected chi connectivity index (χ2v) is 7.78. The Morgan fingerprint density at radius 1 is 0.879 bits per heavy atom. The van der Waals surface area contributed by atoms with Gasteiger partial charge < -0.3 is 14.8 Å². The van der Waals surface area contributed by atoms with Gasteiger partial charge >= 0.3 is 6.03 Å². The van der Waals surface area contributed by atoms with Crippen LogP contribution in [0, 0.1) is 6.92 Å². The lowest BCUT2D eigenvalue weighted by atomic mass is 10.1. The molecule has 0 aliphatic carbocycles. The predicted octanol–water partition coefficient (Wildman–Crippen LogP) is 5.07. The van der Waals surface area contributed by atoms with Crippen LogP contribution in [0.2, 0.25) is 0 Å². The van der Waals surface area contributed by atoms with Crippen molar-refractivity contribution in [2.45, 2.75) is 27.0 Å². The first-order valence-electron chi connectivity index (χ1n) is 10.9. The molecular formula is C27H26N2O4. The summed E-state index contributed by atoms with van der Waals surface area (Å²) in [6, 6.07) is 22.7. The number of carbonyl (C=O) groups excluding carboxylic acids is 2. The Kier molecular flexibility index (Phi) is 6.74. The first-order chi connectivity index (χ1) is 16.0. The normalized spacial score (nSPS) is 14.5. The average molecular weight is 443 g/mol. The second-order valence-electron chi connectivity index (χ2n) is 7.78. The standard InChI is InChI=1S/C27H26N2O4/c1-3-32-25-16-21(12-13-24(25)33-18-20-9-5-4-6-10-20)15-23-26(30)29(27(31)28-23)17-22-11-7-8-19(2)14-22/h4-16H,3,17-18H2,1-2H3,(H,28,31)/b23-15+. The number of rotatable bonds is 8. The third-order valence-electron chi connectivity index (χ3n) is 5.20. The third kappa shape index (κ3) is 5.41. The first-order valence-corrected chi connectivity index (χ1v) is 10.9. The van der Waals surface area contributed by atoms with Gasteiger partial charge in [0.1, 0.15) is 12.3 Å². The number of aryl methyl sites for hydroxylation is 1. The summed E-state index contributed by atoms with van der Waals surface area (Å²) in [7, 11) is 0. The number of hydrogen-bond acceptors (Lipinski definition) is 4. The summed E-state index contributed by atoms with van der Waals surface area (Å²) in [4.78, 5) is 26.5. The van der Waals surface area contributed by atoms with Crippen molar-refractivity contribution in [2.75, 3.05) is 6.61 Å². The summed E-state index contributed by atoms with van der Waals surface area (Å²) in [6.45, 7) is 4.99. The van der Waals surface area contributed by atoms with E-state index >= 15 is 0 Å². The molecule has 1 N–H and O–H groups in total. The topological polar surface area (TPSA) is 67.9 Å². The number of nitrogens with zero attached hydrogens (tertiary/aromatic N) is 1. The van der Waals surface area contributed by atoms with E-state index in [1.54, 1.807) is 12.1 Å². The number of nitrogens with one attached hydrogen (secondary N) is 1. The molecule has 0 unspecified atom stereocenters. The van der Waals surface area contributed by atoms with E-state index in [1.165, 1.54) is 4.90 Å². The largest absolute Gasteiger partial charge is 0.490 e. The lowest BCUT2D eigenvalue weighted by molar-refractivity contribution is -0.123. The van der Waals surface area contributed by atoms with Gasteiger partial charge in [-0.25, -0.2) is 4.79 Å². The van der Waals surface area contributed by atoms with Crippen LogP contribution in [0.25, 0.3) is 6.08 Å². The van der Waals surface area contributed by atoms with E-state index in [9.17, 15) is 9.59 Å². The Morgan fingerprint density at radius 3 is 2.42 bits per heavy atom. The van der Waals surface area contributed by atoms with Gasteiger partial charge in [0.2, 0.25) is 0 Å². The number of carbonyl (C=O) groups is 2. The molecule has 33 heavy (non-hydrogen) atoms. The molecule has 1 heterocycles. The third-order valence-corrected chi connectivity index (χ3v) is 5.20. The molecule has 0 spiro atoms. The lowest BCUT2D eigenvalue weighted by Crippen LogP contribution is -2.30. The molecule has 1 fully saturated rings. The zero-order valence-corrected chi connectivity index (χ0v) is 18.7. The molecule has 6 heteroatoms. The Balaban J connectivity index is 1.51. The highest BCUT2D eigenvalue weighted by molar-refractivity contribution is 6.13. The van der Waals surface area contributed by atoms with E-state index in [0.717, 1.165) is 22.3 Å². The molecule has 0 aromatic heterocycles. The fourth-order valence-electron chi connectivity index (χ4n) is 3.61. The molecule has 0 radical (unpaired) electrons. The van der Waals surface area contributed by atoms with Gasteiger partial charge in [-0.3, -0.25) is 9.69 Å². The van der Waals surface area contributed by atoms with Gasteiger partial charge in [-0.15, -0.1) is 0 Å². The molecule has 3 aromatic rings. The molecule has 1 aliphatic rings.